The Hall–Kier alpha value is -3.20. The summed E-state index contributed by atoms with van der Waals surface area (Å²) >= 11 is 0. The van der Waals surface area contributed by atoms with E-state index < -0.39 is 30.5 Å². The lowest BCUT2D eigenvalue weighted by atomic mass is 10.1. The summed E-state index contributed by atoms with van der Waals surface area (Å²) in [6, 6.07) is 10.9. The van der Waals surface area contributed by atoms with Crippen LogP contribution in [0.1, 0.15) is 42.2 Å². The van der Waals surface area contributed by atoms with Crippen LogP contribution in [-0.4, -0.2) is 42.5 Å². The fraction of sp³-hybridized carbons (Fsp3) is 0.250. The number of amides is 3. The van der Waals surface area contributed by atoms with E-state index in [0.29, 0.717) is 5.56 Å². The highest BCUT2D eigenvalue weighted by Crippen LogP contribution is 2.22. The van der Waals surface area contributed by atoms with E-state index in [9.17, 15) is 27.6 Å². The first-order chi connectivity index (χ1) is 13.7. The van der Waals surface area contributed by atoms with Crippen molar-refractivity contribution in [2.45, 2.75) is 19.3 Å². The SMILES string of the molecule is CN1C(=O)c2ccc(C(=O)NCc3ccc(COCC(F)(F)F)cc3)cc2C1=O. The Balaban J connectivity index is 1.56. The molecule has 2 aromatic rings. The number of fused-ring (bicyclic) bond motifs is 1. The predicted molar refractivity (Wildman–Crippen MR) is 96.2 cm³/mol. The standard InChI is InChI=1S/C20H17F3N2O4/c1-25-18(27)15-7-6-14(8-16(15)19(25)28)17(26)24-9-12-2-4-13(5-3-12)10-29-11-20(21,22)23/h2-8H,9-11H2,1H3,(H,24,26). The van der Waals surface area contributed by atoms with Crippen LogP contribution in [0.25, 0.3) is 0 Å². The maximum Gasteiger partial charge on any atom is 0.411 e. The number of imide groups is 1. The molecular formula is C20H17F3N2O4. The van der Waals surface area contributed by atoms with Gasteiger partial charge in [-0.1, -0.05) is 24.3 Å². The third kappa shape index (κ3) is 4.80. The molecule has 0 bridgehead atoms. The quantitative estimate of drug-likeness (QED) is 0.749. The van der Waals surface area contributed by atoms with Crippen LogP contribution >= 0.6 is 0 Å². The molecule has 0 unspecified atom stereocenters. The van der Waals surface area contributed by atoms with Crippen LogP contribution in [0.15, 0.2) is 42.5 Å². The molecule has 9 heteroatoms. The third-order valence-corrected chi connectivity index (χ3v) is 4.36. The van der Waals surface area contributed by atoms with Gasteiger partial charge in [0.05, 0.1) is 17.7 Å². The average molecular weight is 406 g/mol. The number of hydrogen-bond donors (Lipinski definition) is 1. The van der Waals surface area contributed by atoms with Crippen molar-refractivity contribution < 1.29 is 32.3 Å². The van der Waals surface area contributed by atoms with E-state index in [4.69, 9.17) is 0 Å². The lowest BCUT2D eigenvalue weighted by Gasteiger charge is -2.09. The number of hydrogen-bond acceptors (Lipinski definition) is 4. The minimum Gasteiger partial charge on any atom is -0.367 e. The minimum atomic E-state index is -4.37. The molecule has 0 aromatic heterocycles. The summed E-state index contributed by atoms with van der Waals surface area (Å²) in [5.74, 6) is -1.28. The zero-order valence-corrected chi connectivity index (χ0v) is 15.4. The van der Waals surface area contributed by atoms with Gasteiger partial charge in [0.1, 0.15) is 6.61 Å². The Morgan fingerprint density at radius 1 is 1.00 bits per heavy atom. The van der Waals surface area contributed by atoms with Gasteiger partial charge < -0.3 is 10.1 Å². The van der Waals surface area contributed by atoms with Crippen LogP contribution < -0.4 is 5.32 Å². The fourth-order valence-corrected chi connectivity index (χ4v) is 2.82. The van der Waals surface area contributed by atoms with Crippen molar-refractivity contribution in [2.24, 2.45) is 0 Å². The van der Waals surface area contributed by atoms with E-state index in [1.807, 2.05) is 0 Å². The summed E-state index contributed by atoms with van der Waals surface area (Å²) in [5.41, 5.74) is 2.02. The van der Waals surface area contributed by atoms with E-state index in [1.54, 1.807) is 24.3 Å². The van der Waals surface area contributed by atoms with Gasteiger partial charge in [-0.2, -0.15) is 13.2 Å². The second-order valence-corrected chi connectivity index (χ2v) is 6.54. The van der Waals surface area contributed by atoms with Gasteiger partial charge in [-0.15, -0.1) is 0 Å². The summed E-state index contributed by atoms with van der Waals surface area (Å²) < 4.78 is 40.8. The molecule has 0 atom stereocenters. The van der Waals surface area contributed by atoms with Crippen molar-refractivity contribution in [3.05, 3.63) is 70.3 Å². The molecule has 3 rings (SSSR count). The highest BCUT2D eigenvalue weighted by Gasteiger charge is 2.33. The molecule has 0 radical (unpaired) electrons. The topological polar surface area (TPSA) is 75.7 Å². The number of alkyl halides is 3. The Labute approximate surface area is 164 Å². The normalized spacial score (nSPS) is 13.6. The molecule has 1 aliphatic rings. The van der Waals surface area contributed by atoms with Crippen LogP contribution in [0.3, 0.4) is 0 Å². The Kier molecular flexibility index (Phi) is 5.69. The number of carbonyl (C=O) groups is 3. The van der Waals surface area contributed by atoms with Gasteiger partial charge in [0.25, 0.3) is 17.7 Å². The first-order valence-electron chi connectivity index (χ1n) is 8.62. The highest BCUT2D eigenvalue weighted by molar-refractivity contribution is 6.21. The van der Waals surface area contributed by atoms with E-state index in [0.717, 1.165) is 10.5 Å². The van der Waals surface area contributed by atoms with Gasteiger partial charge in [-0.05, 0) is 29.3 Å². The molecule has 29 heavy (non-hydrogen) atoms. The van der Waals surface area contributed by atoms with Gasteiger partial charge in [-0.25, -0.2) is 0 Å². The first-order valence-corrected chi connectivity index (χ1v) is 8.62. The fourth-order valence-electron chi connectivity index (χ4n) is 2.82. The van der Waals surface area contributed by atoms with Gasteiger partial charge >= 0.3 is 6.18 Å². The average Bonchev–Trinajstić information content (AvgIpc) is 2.90. The monoisotopic (exact) mass is 406 g/mol. The number of ether oxygens (including phenoxy) is 1. The molecule has 0 saturated carbocycles. The summed E-state index contributed by atoms with van der Waals surface area (Å²) in [6.07, 6.45) is -4.37. The molecule has 1 aliphatic heterocycles. The van der Waals surface area contributed by atoms with Crippen molar-refractivity contribution in [1.29, 1.82) is 0 Å². The van der Waals surface area contributed by atoms with E-state index >= 15 is 0 Å². The number of benzene rings is 2. The number of carbonyl (C=O) groups excluding carboxylic acids is 3. The lowest BCUT2D eigenvalue weighted by Crippen LogP contribution is -2.24. The van der Waals surface area contributed by atoms with Crippen molar-refractivity contribution in [3.8, 4) is 0 Å². The predicted octanol–water partition coefficient (Wildman–Crippen LogP) is 2.92. The smallest absolute Gasteiger partial charge is 0.367 e. The van der Waals surface area contributed by atoms with Gasteiger partial charge in [0.15, 0.2) is 0 Å². The van der Waals surface area contributed by atoms with Crippen molar-refractivity contribution >= 4 is 17.7 Å². The zero-order valence-electron chi connectivity index (χ0n) is 15.4. The van der Waals surface area contributed by atoms with Gasteiger partial charge in [0.2, 0.25) is 0 Å². The maximum atomic E-state index is 12.3. The van der Waals surface area contributed by atoms with Crippen LogP contribution in [0.2, 0.25) is 0 Å². The molecule has 6 nitrogen and oxygen atoms in total. The Bertz CT molecular complexity index is 955. The van der Waals surface area contributed by atoms with E-state index in [1.165, 1.54) is 25.2 Å². The molecule has 1 heterocycles. The molecule has 0 spiro atoms. The minimum absolute atomic E-state index is 0.164. The van der Waals surface area contributed by atoms with Crippen molar-refractivity contribution in [2.75, 3.05) is 13.7 Å². The number of halogens is 3. The highest BCUT2D eigenvalue weighted by atomic mass is 19.4. The van der Waals surface area contributed by atoms with Crippen LogP contribution in [-0.2, 0) is 17.9 Å². The second kappa shape index (κ2) is 8.04. The third-order valence-electron chi connectivity index (χ3n) is 4.36. The van der Waals surface area contributed by atoms with Crippen molar-refractivity contribution in [3.63, 3.8) is 0 Å². The Morgan fingerprint density at radius 2 is 1.62 bits per heavy atom. The number of rotatable bonds is 6. The molecule has 1 N–H and O–H groups in total. The molecular weight excluding hydrogens is 389 g/mol. The Morgan fingerprint density at radius 3 is 2.28 bits per heavy atom. The number of nitrogens with one attached hydrogen (secondary N) is 1. The summed E-state index contributed by atoms with van der Waals surface area (Å²) in [6.45, 7) is -1.29. The molecule has 0 saturated heterocycles. The number of nitrogens with zero attached hydrogens (tertiary/aromatic N) is 1. The molecule has 3 amide bonds. The largest absolute Gasteiger partial charge is 0.411 e. The van der Waals surface area contributed by atoms with Crippen LogP contribution in [0, 0.1) is 0 Å². The molecule has 0 aliphatic carbocycles. The summed E-state index contributed by atoms with van der Waals surface area (Å²) in [4.78, 5) is 37.2. The zero-order chi connectivity index (χ0) is 21.2. The van der Waals surface area contributed by atoms with Crippen molar-refractivity contribution in [1.82, 2.24) is 10.2 Å². The summed E-state index contributed by atoms with van der Waals surface area (Å²) in [7, 11) is 1.38. The molecule has 2 aromatic carbocycles. The lowest BCUT2D eigenvalue weighted by molar-refractivity contribution is -0.176. The van der Waals surface area contributed by atoms with Crippen LogP contribution in [0.4, 0.5) is 13.2 Å². The van der Waals surface area contributed by atoms with Crippen LogP contribution in [0.5, 0.6) is 0 Å². The second-order valence-electron chi connectivity index (χ2n) is 6.54. The molecule has 0 fully saturated rings. The van der Waals surface area contributed by atoms with Gasteiger partial charge in [-0.3, -0.25) is 19.3 Å². The van der Waals surface area contributed by atoms with E-state index in [2.05, 4.69) is 10.1 Å². The van der Waals surface area contributed by atoms with Gasteiger partial charge in [0, 0.05) is 19.2 Å². The maximum absolute atomic E-state index is 12.3. The first kappa shape index (κ1) is 20.5. The van der Waals surface area contributed by atoms with E-state index in [-0.39, 0.29) is 29.8 Å². The molecule has 152 valence electrons. The summed E-state index contributed by atoms with van der Waals surface area (Å²) in [5, 5.41) is 2.70.